The topological polar surface area (TPSA) is 93.8 Å². The van der Waals surface area contributed by atoms with E-state index in [-0.39, 0.29) is 5.56 Å². The highest BCUT2D eigenvalue weighted by molar-refractivity contribution is 5.82. The fourth-order valence-electron chi connectivity index (χ4n) is 2.77. The minimum Gasteiger partial charge on any atom is -0.367 e. The zero-order chi connectivity index (χ0) is 14.9. The zero-order valence-electron chi connectivity index (χ0n) is 11.9. The Labute approximate surface area is 125 Å². The number of piperazine rings is 1. The summed E-state index contributed by atoms with van der Waals surface area (Å²) in [5.74, 6) is 0.892. The van der Waals surface area contributed by atoms with E-state index in [0.717, 1.165) is 43.2 Å². The zero-order valence-corrected chi connectivity index (χ0v) is 11.9. The third kappa shape index (κ3) is 2.18. The first-order valence-electron chi connectivity index (χ1n) is 7.14. The second-order valence-corrected chi connectivity index (χ2v) is 5.18. The van der Waals surface area contributed by atoms with Crippen LogP contribution in [0.4, 0.5) is 11.5 Å². The van der Waals surface area contributed by atoms with Crippen LogP contribution in [-0.2, 0) is 0 Å². The van der Waals surface area contributed by atoms with E-state index in [9.17, 15) is 4.79 Å². The van der Waals surface area contributed by atoms with Crippen molar-refractivity contribution in [1.29, 1.82) is 0 Å². The summed E-state index contributed by atoms with van der Waals surface area (Å²) in [6.07, 6.45) is 4.95. The number of H-pyrrole nitrogens is 2. The van der Waals surface area contributed by atoms with Crippen LogP contribution in [0.2, 0.25) is 0 Å². The molecular weight excluding hydrogens is 282 g/mol. The maximum absolute atomic E-state index is 11.1. The molecule has 22 heavy (non-hydrogen) atoms. The lowest BCUT2D eigenvalue weighted by molar-refractivity contribution is 0.647. The molecule has 8 nitrogen and oxygen atoms in total. The van der Waals surface area contributed by atoms with E-state index in [1.54, 1.807) is 24.9 Å². The van der Waals surface area contributed by atoms with Crippen LogP contribution >= 0.6 is 0 Å². The van der Waals surface area contributed by atoms with Gasteiger partial charge in [-0.25, -0.2) is 15.0 Å². The fourth-order valence-corrected chi connectivity index (χ4v) is 2.77. The highest BCUT2D eigenvalue weighted by atomic mass is 16.1. The standard InChI is InChI=1S/C14H15N7O/c22-11-2-1-10(7-15-11)20-3-5-21(6-4-20)14-12-13(17-8-16-12)18-9-19-14/h1-2,7-9H,3-6H2,(H,15,22)(H,16,17,18,19). The van der Waals surface area contributed by atoms with Crippen LogP contribution < -0.4 is 15.4 Å². The molecule has 8 heteroatoms. The van der Waals surface area contributed by atoms with E-state index in [0.29, 0.717) is 5.65 Å². The highest BCUT2D eigenvalue weighted by Gasteiger charge is 2.20. The third-order valence-corrected chi connectivity index (χ3v) is 3.92. The summed E-state index contributed by atoms with van der Waals surface area (Å²) in [5.41, 5.74) is 2.52. The fraction of sp³-hybridized carbons (Fsp3) is 0.286. The molecule has 4 heterocycles. The number of rotatable bonds is 2. The number of anilines is 2. The molecule has 1 saturated heterocycles. The second kappa shape index (κ2) is 5.14. The first kappa shape index (κ1) is 12.8. The largest absolute Gasteiger partial charge is 0.367 e. The Hall–Kier alpha value is -2.90. The molecule has 0 unspecified atom stereocenters. The molecule has 0 radical (unpaired) electrons. The van der Waals surface area contributed by atoms with Gasteiger partial charge in [-0.1, -0.05) is 0 Å². The van der Waals surface area contributed by atoms with Crippen molar-refractivity contribution >= 4 is 22.7 Å². The minimum absolute atomic E-state index is 0.0787. The van der Waals surface area contributed by atoms with Crippen molar-refractivity contribution in [3.63, 3.8) is 0 Å². The van der Waals surface area contributed by atoms with Crippen LogP contribution in [-0.4, -0.2) is 51.1 Å². The molecule has 1 aliphatic rings. The molecule has 0 spiro atoms. The lowest BCUT2D eigenvalue weighted by Crippen LogP contribution is -2.47. The van der Waals surface area contributed by atoms with Gasteiger partial charge in [-0.15, -0.1) is 0 Å². The molecule has 0 bridgehead atoms. The molecular formula is C14H15N7O. The quantitative estimate of drug-likeness (QED) is 0.709. The van der Waals surface area contributed by atoms with Crippen molar-refractivity contribution < 1.29 is 0 Å². The molecule has 112 valence electrons. The van der Waals surface area contributed by atoms with Gasteiger partial charge >= 0.3 is 0 Å². The summed E-state index contributed by atoms with van der Waals surface area (Å²) < 4.78 is 0. The summed E-state index contributed by atoms with van der Waals surface area (Å²) in [5, 5.41) is 0. The van der Waals surface area contributed by atoms with Crippen LogP contribution in [0, 0.1) is 0 Å². The molecule has 0 atom stereocenters. The predicted molar refractivity (Wildman–Crippen MR) is 83.2 cm³/mol. The molecule has 1 fully saturated rings. The maximum Gasteiger partial charge on any atom is 0.248 e. The van der Waals surface area contributed by atoms with Gasteiger partial charge < -0.3 is 19.8 Å². The van der Waals surface area contributed by atoms with Crippen LogP contribution in [0.3, 0.4) is 0 Å². The van der Waals surface area contributed by atoms with Gasteiger partial charge in [0.1, 0.15) is 11.8 Å². The number of pyridine rings is 1. The summed E-state index contributed by atoms with van der Waals surface area (Å²) >= 11 is 0. The molecule has 4 rings (SSSR count). The lowest BCUT2D eigenvalue weighted by Gasteiger charge is -2.36. The van der Waals surface area contributed by atoms with Gasteiger partial charge in [0.25, 0.3) is 0 Å². The number of hydrogen-bond acceptors (Lipinski definition) is 6. The molecule has 3 aromatic heterocycles. The van der Waals surface area contributed by atoms with Crippen molar-refractivity contribution in [2.45, 2.75) is 0 Å². The average molecular weight is 297 g/mol. The number of aromatic amines is 2. The van der Waals surface area contributed by atoms with E-state index in [1.165, 1.54) is 0 Å². The van der Waals surface area contributed by atoms with E-state index >= 15 is 0 Å². The maximum atomic E-state index is 11.1. The van der Waals surface area contributed by atoms with Gasteiger partial charge in [-0.3, -0.25) is 4.79 Å². The average Bonchev–Trinajstić information content (AvgIpc) is 3.04. The van der Waals surface area contributed by atoms with Crippen molar-refractivity contribution in [2.24, 2.45) is 0 Å². The predicted octanol–water partition coefficient (Wildman–Crippen LogP) is 0.368. The molecule has 1 aliphatic heterocycles. The van der Waals surface area contributed by atoms with Gasteiger partial charge in [-0.05, 0) is 6.07 Å². The highest BCUT2D eigenvalue weighted by Crippen LogP contribution is 2.22. The van der Waals surface area contributed by atoms with E-state index in [1.807, 2.05) is 6.07 Å². The number of nitrogens with zero attached hydrogens (tertiary/aromatic N) is 5. The SMILES string of the molecule is O=c1ccc(N2CCN(c3ncnc4nc[nH]c34)CC2)c[nH]1. The number of nitrogens with one attached hydrogen (secondary N) is 2. The Morgan fingerprint density at radius 2 is 1.77 bits per heavy atom. The normalized spacial score (nSPS) is 15.5. The first-order chi connectivity index (χ1) is 10.8. The molecule has 2 N–H and O–H groups in total. The number of aromatic nitrogens is 5. The Bertz CT molecular complexity index is 827. The molecule has 3 aromatic rings. The summed E-state index contributed by atoms with van der Waals surface area (Å²) in [6, 6.07) is 3.41. The first-order valence-corrected chi connectivity index (χ1v) is 7.14. The van der Waals surface area contributed by atoms with Gasteiger partial charge in [0.05, 0.1) is 12.0 Å². The van der Waals surface area contributed by atoms with E-state index in [4.69, 9.17) is 0 Å². The van der Waals surface area contributed by atoms with Gasteiger partial charge in [0, 0.05) is 38.4 Å². The summed E-state index contributed by atoms with van der Waals surface area (Å²) in [4.78, 5) is 34.1. The lowest BCUT2D eigenvalue weighted by atomic mass is 10.2. The van der Waals surface area contributed by atoms with Crippen molar-refractivity contribution in [3.8, 4) is 0 Å². The van der Waals surface area contributed by atoms with E-state index in [2.05, 4.69) is 34.7 Å². The Morgan fingerprint density at radius 1 is 0.955 bits per heavy atom. The van der Waals surface area contributed by atoms with Crippen molar-refractivity contribution in [2.75, 3.05) is 36.0 Å². The van der Waals surface area contributed by atoms with Crippen LogP contribution in [0.5, 0.6) is 0 Å². The number of fused-ring (bicyclic) bond motifs is 1. The number of hydrogen-bond donors (Lipinski definition) is 2. The Balaban J connectivity index is 1.53. The Kier molecular flexibility index (Phi) is 2.99. The molecule has 0 aromatic carbocycles. The monoisotopic (exact) mass is 297 g/mol. The second-order valence-electron chi connectivity index (χ2n) is 5.18. The smallest absolute Gasteiger partial charge is 0.248 e. The summed E-state index contributed by atoms with van der Waals surface area (Å²) in [6.45, 7) is 3.44. The van der Waals surface area contributed by atoms with Crippen LogP contribution in [0.25, 0.3) is 11.2 Å². The van der Waals surface area contributed by atoms with Crippen molar-refractivity contribution in [3.05, 3.63) is 41.3 Å². The summed E-state index contributed by atoms with van der Waals surface area (Å²) in [7, 11) is 0. The third-order valence-electron chi connectivity index (χ3n) is 3.92. The van der Waals surface area contributed by atoms with Gasteiger partial charge in [-0.2, -0.15) is 0 Å². The van der Waals surface area contributed by atoms with Crippen LogP contribution in [0.15, 0.2) is 35.8 Å². The van der Waals surface area contributed by atoms with Gasteiger partial charge in [0.15, 0.2) is 11.5 Å². The Morgan fingerprint density at radius 3 is 2.55 bits per heavy atom. The van der Waals surface area contributed by atoms with Gasteiger partial charge in [0.2, 0.25) is 5.56 Å². The molecule has 0 saturated carbocycles. The number of imidazole rings is 1. The van der Waals surface area contributed by atoms with Crippen molar-refractivity contribution in [1.82, 2.24) is 24.9 Å². The molecule has 0 aliphatic carbocycles. The molecule has 0 amide bonds. The van der Waals surface area contributed by atoms with E-state index < -0.39 is 0 Å². The minimum atomic E-state index is -0.0787. The van der Waals surface area contributed by atoms with Crippen LogP contribution in [0.1, 0.15) is 0 Å².